The number of carbonyl (C=O) groups excluding carboxylic acids is 1. The van der Waals surface area contributed by atoms with E-state index in [2.05, 4.69) is 0 Å². The van der Waals surface area contributed by atoms with E-state index < -0.39 is 6.04 Å². The molecule has 1 amide bonds. The molecule has 1 atom stereocenters. The average molecular weight is 430 g/mol. The summed E-state index contributed by atoms with van der Waals surface area (Å²) in [7, 11) is 0. The third-order valence-electron chi connectivity index (χ3n) is 5.76. The van der Waals surface area contributed by atoms with E-state index in [1.54, 1.807) is 23.1 Å². The monoisotopic (exact) mass is 429 g/mol. The molecule has 0 saturated heterocycles. The van der Waals surface area contributed by atoms with Crippen molar-refractivity contribution in [2.24, 2.45) is 0 Å². The number of rotatable bonds is 3. The molecule has 0 bridgehead atoms. The summed E-state index contributed by atoms with van der Waals surface area (Å²) in [6.07, 6.45) is 0. The van der Waals surface area contributed by atoms with Crippen LogP contribution in [0.25, 0.3) is 11.0 Å². The summed E-state index contributed by atoms with van der Waals surface area (Å²) in [5.41, 5.74) is 4.48. The Bertz CT molecular complexity index is 1390. The van der Waals surface area contributed by atoms with E-state index >= 15 is 0 Å². The number of hydrogen-bond donors (Lipinski definition) is 0. The van der Waals surface area contributed by atoms with Crippen molar-refractivity contribution >= 4 is 28.5 Å². The van der Waals surface area contributed by atoms with Crippen LogP contribution in [-0.4, -0.2) is 10.8 Å². The minimum atomic E-state index is -0.566. The molecule has 4 aromatic rings. The molecule has 3 aromatic carbocycles. The van der Waals surface area contributed by atoms with Crippen molar-refractivity contribution in [3.63, 3.8) is 0 Å². The number of fused-ring (bicyclic) bond motifs is 2. The Morgan fingerprint density at radius 1 is 0.935 bits per heavy atom. The van der Waals surface area contributed by atoms with Gasteiger partial charge in [-0.1, -0.05) is 65.2 Å². The van der Waals surface area contributed by atoms with E-state index in [9.17, 15) is 9.59 Å². The van der Waals surface area contributed by atoms with Crippen molar-refractivity contribution in [2.45, 2.75) is 26.4 Å². The largest absolute Gasteiger partial charge is 0.450 e. The van der Waals surface area contributed by atoms with Crippen molar-refractivity contribution in [2.75, 3.05) is 0 Å². The van der Waals surface area contributed by atoms with Crippen molar-refractivity contribution in [3.8, 4) is 0 Å². The van der Waals surface area contributed by atoms with Crippen LogP contribution in [0.15, 0.2) is 75.9 Å². The lowest BCUT2D eigenvalue weighted by Crippen LogP contribution is -2.29. The van der Waals surface area contributed by atoms with Gasteiger partial charge in [0.25, 0.3) is 5.91 Å². The van der Waals surface area contributed by atoms with Crippen LogP contribution in [-0.2, 0) is 6.54 Å². The molecule has 1 unspecified atom stereocenters. The predicted molar refractivity (Wildman–Crippen MR) is 122 cm³/mol. The van der Waals surface area contributed by atoms with Crippen molar-refractivity contribution < 1.29 is 9.21 Å². The molecule has 31 heavy (non-hydrogen) atoms. The molecule has 0 spiro atoms. The van der Waals surface area contributed by atoms with Gasteiger partial charge < -0.3 is 9.32 Å². The number of halogens is 1. The van der Waals surface area contributed by atoms with Crippen molar-refractivity contribution in [1.82, 2.24) is 4.90 Å². The third-order valence-corrected chi connectivity index (χ3v) is 5.99. The summed E-state index contributed by atoms with van der Waals surface area (Å²) < 4.78 is 6.00. The molecule has 5 heteroatoms. The molecule has 0 N–H and O–H groups in total. The van der Waals surface area contributed by atoms with Gasteiger partial charge in [0.15, 0.2) is 5.43 Å². The second-order valence-electron chi connectivity index (χ2n) is 8.05. The molecule has 5 rings (SSSR count). The highest BCUT2D eigenvalue weighted by atomic mass is 35.5. The van der Waals surface area contributed by atoms with E-state index in [-0.39, 0.29) is 17.1 Å². The van der Waals surface area contributed by atoms with Gasteiger partial charge in [-0.25, -0.2) is 0 Å². The zero-order chi connectivity index (χ0) is 21.7. The molecule has 1 aromatic heterocycles. The van der Waals surface area contributed by atoms with Gasteiger partial charge in [-0.3, -0.25) is 9.59 Å². The molecule has 0 radical (unpaired) electrons. The molecule has 1 aliphatic rings. The molecule has 154 valence electrons. The average Bonchev–Trinajstić information content (AvgIpc) is 3.02. The Labute approximate surface area is 184 Å². The van der Waals surface area contributed by atoms with E-state index in [0.29, 0.717) is 28.1 Å². The van der Waals surface area contributed by atoms with Crippen LogP contribution in [0.3, 0.4) is 0 Å². The molecular formula is C26H20ClNO3. The summed E-state index contributed by atoms with van der Waals surface area (Å²) in [6.45, 7) is 4.30. The van der Waals surface area contributed by atoms with Crippen LogP contribution in [0, 0.1) is 13.8 Å². The molecule has 1 aliphatic heterocycles. The number of amides is 1. The summed E-state index contributed by atoms with van der Waals surface area (Å²) in [4.78, 5) is 28.7. The fourth-order valence-corrected chi connectivity index (χ4v) is 4.41. The molecule has 0 fully saturated rings. The first-order valence-electron chi connectivity index (χ1n) is 10.1. The lowest BCUT2D eigenvalue weighted by atomic mass is 9.98. The number of hydrogen-bond acceptors (Lipinski definition) is 3. The Kier molecular flexibility index (Phi) is 4.67. The van der Waals surface area contributed by atoms with E-state index in [1.807, 2.05) is 62.4 Å². The normalized spacial score (nSPS) is 15.5. The molecule has 0 saturated carbocycles. The SMILES string of the molecule is Cc1ccc(CN2C(=O)c3oc4ccc(C)cc4c(=O)c3C2c2cccc(Cl)c2)cc1. The molecule has 4 nitrogen and oxygen atoms in total. The van der Waals surface area contributed by atoms with Gasteiger partial charge in [-0.15, -0.1) is 0 Å². The second-order valence-corrected chi connectivity index (χ2v) is 8.49. The highest BCUT2D eigenvalue weighted by Crippen LogP contribution is 2.39. The maximum absolute atomic E-state index is 13.6. The van der Waals surface area contributed by atoms with E-state index in [0.717, 1.165) is 22.3 Å². The van der Waals surface area contributed by atoms with Crippen LogP contribution in [0.5, 0.6) is 0 Å². The summed E-state index contributed by atoms with van der Waals surface area (Å²) in [6, 6.07) is 20.2. The third kappa shape index (κ3) is 3.33. The first kappa shape index (κ1) is 19.6. The minimum absolute atomic E-state index is 0.110. The van der Waals surface area contributed by atoms with E-state index in [4.69, 9.17) is 16.0 Å². The number of carbonyl (C=O) groups is 1. The number of aryl methyl sites for hydroxylation is 2. The van der Waals surface area contributed by atoms with Gasteiger partial charge in [0.05, 0.1) is 17.0 Å². The van der Waals surface area contributed by atoms with Gasteiger partial charge in [0.2, 0.25) is 5.76 Å². The quantitative estimate of drug-likeness (QED) is 0.413. The summed E-state index contributed by atoms with van der Waals surface area (Å²) >= 11 is 6.26. The Morgan fingerprint density at radius 2 is 1.68 bits per heavy atom. The standard InChI is InChI=1S/C26H20ClNO3/c1-15-6-9-17(10-7-15)14-28-23(18-4-3-5-19(27)13-18)22-24(29)20-12-16(2)8-11-21(20)31-25(22)26(28)30/h3-13,23H,14H2,1-2H3. The number of nitrogens with zero attached hydrogens (tertiary/aromatic N) is 1. The van der Waals surface area contributed by atoms with Crippen LogP contribution >= 0.6 is 11.6 Å². The van der Waals surface area contributed by atoms with Crippen LogP contribution in [0.4, 0.5) is 0 Å². The second kappa shape index (κ2) is 7.40. The predicted octanol–water partition coefficient (Wildman–Crippen LogP) is 5.81. The zero-order valence-corrected chi connectivity index (χ0v) is 17.9. The highest BCUT2D eigenvalue weighted by molar-refractivity contribution is 6.30. The minimum Gasteiger partial charge on any atom is -0.450 e. The van der Waals surface area contributed by atoms with Gasteiger partial charge in [0.1, 0.15) is 5.58 Å². The zero-order valence-electron chi connectivity index (χ0n) is 17.2. The summed E-state index contributed by atoms with van der Waals surface area (Å²) in [5.74, 6) is -0.182. The van der Waals surface area contributed by atoms with Crippen LogP contribution in [0.1, 0.15) is 44.4 Å². The first-order chi connectivity index (χ1) is 14.9. The van der Waals surface area contributed by atoms with Crippen molar-refractivity contribution in [1.29, 1.82) is 0 Å². The van der Waals surface area contributed by atoms with Crippen molar-refractivity contribution in [3.05, 3.63) is 116 Å². The molecule has 0 aliphatic carbocycles. The lowest BCUT2D eigenvalue weighted by Gasteiger charge is -2.25. The lowest BCUT2D eigenvalue weighted by molar-refractivity contribution is 0.0714. The fourth-order valence-electron chi connectivity index (χ4n) is 4.21. The van der Waals surface area contributed by atoms with Gasteiger partial charge in [-0.2, -0.15) is 0 Å². The molecule has 2 heterocycles. The van der Waals surface area contributed by atoms with Crippen LogP contribution in [0.2, 0.25) is 5.02 Å². The fraction of sp³-hybridized carbons (Fsp3) is 0.154. The number of benzene rings is 3. The summed E-state index contributed by atoms with van der Waals surface area (Å²) in [5, 5.41) is 1.03. The Hall–Kier alpha value is -3.37. The Morgan fingerprint density at radius 3 is 2.42 bits per heavy atom. The van der Waals surface area contributed by atoms with Crippen LogP contribution < -0.4 is 5.43 Å². The van der Waals surface area contributed by atoms with Gasteiger partial charge >= 0.3 is 0 Å². The maximum atomic E-state index is 13.6. The van der Waals surface area contributed by atoms with Gasteiger partial charge in [0, 0.05) is 11.6 Å². The first-order valence-corrected chi connectivity index (χ1v) is 10.5. The molecular weight excluding hydrogens is 410 g/mol. The highest BCUT2D eigenvalue weighted by Gasteiger charge is 2.42. The van der Waals surface area contributed by atoms with Gasteiger partial charge in [-0.05, 0) is 49.2 Å². The topological polar surface area (TPSA) is 50.5 Å². The Balaban J connectivity index is 1.73. The van der Waals surface area contributed by atoms with E-state index in [1.165, 1.54) is 0 Å². The smallest absolute Gasteiger partial charge is 0.291 e. The maximum Gasteiger partial charge on any atom is 0.291 e.